The molecule has 0 aliphatic carbocycles. The number of hydrogen-bond donors (Lipinski definition) is 1. The molecule has 2 N–H and O–H groups in total. The molecule has 0 aromatic rings. The molecule has 0 amide bonds. The van der Waals surface area contributed by atoms with E-state index in [9.17, 15) is 0 Å². The Balaban J connectivity index is 2.33. The summed E-state index contributed by atoms with van der Waals surface area (Å²) in [6, 6.07) is 0.377. The quantitative estimate of drug-likeness (QED) is 0.730. The van der Waals surface area contributed by atoms with E-state index >= 15 is 0 Å². The lowest BCUT2D eigenvalue weighted by atomic mass is 9.95. The predicted molar refractivity (Wildman–Crippen MR) is 55.7 cm³/mol. The van der Waals surface area contributed by atoms with E-state index < -0.39 is 0 Å². The zero-order chi connectivity index (χ0) is 9.68. The van der Waals surface area contributed by atoms with Gasteiger partial charge in [0.1, 0.15) is 0 Å². The Labute approximate surface area is 81.8 Å². The van der Waals surface area contributed by atoms with Crippen LogP contribution in [0.5, 0.6) is 0 Å². The zero-order valence-electron chi connectivity index (χ0n) is 8.96. The van der Waals surface area contributed by atoms with Gasteiger partial charge in [-0.3, -0.25) is 0 Å². The van der Waals surface area contributed by atoms with Gasteiger partial charge in [-0.05, 0) is 25.7 Å². The summed E-state index contributed by atoms with van der Waals surface area (Å²) >= 11 is 0. The summed E-state index contributed by atoms with van der Waals surface area (Å²) < 4.78 is 5.96. The Hall–Kier alpha value is -0.0800. The van der Waals surface area contributed by atoms with Gasteiger partial charge in [-0.25, -0.2) is 0 Å². The Morgan fingerprint density at radius 3 is 1.92 bits per heavy atom. The minimum absolute atomic E-state index is 0.377. The SMILES string of the molecule is CCCC1CC(N)CC(CCC)O1. The minimum atomic E-state index is 0.377. The van der Waals surface area contributed by atoms with Gasteiger partial charge in [-0.2, -0.15) is 0 Å². The van der Waals surface area contributed by atoms with E-state index in [-0.39, 0.29) is 0 Å². The van der Waals surface area contributed by atoms with Gasteiger partial charge in [0.2, 0.25) is 0 Å². The molecule has 1 fully saturated rings. The van der Waals surface area contributed by atoms with E-state index in [2.05, 4.69) is 13.8 Å². The van der Waals surface area contributed by atoms with Crippen LogP contribution in [0, 0.1) is 0 Å². The third-order valence-electron chi connectivity index (χ3n) is 2.74. The normalized spacial score (nSPS) is 34.8. The van der Waals surface area contributed by atoms with Crippen molar-refractivity contribution in [3.63, 3.8) is 0 Å². The summed E-state index contributed by atoms with van der Waals surface area (Å²) in [5.74, 6) is 0. The standard InChI is InChI=1S/C11H23NO/c1-3-5-10-7-9(12)8-11(13-10)6-4-2/h9-11H,3-8,12H2,1-2H3. The van der Waals surface area contributed by atoms with Gasteiger partial charge in [0, 0.05) is 6.04 Å². The average Bonchev–Trinajstić information content (AvgIpc) is 2.04. The fourth-order valence-corrected chi connectivity index (χ4v) is 2.17. The molecule has 0 aromatic carbocycles. The van der Waals surface area contributed by atoms with Crippen LogP contribution in [0.25, 0.3) is 0 Å². The highest BCUT2D eigenvalue weighted by atomic mass is 16.5. The van der Waals surface area contributed by atoms with Crippen molar-refractivity contribution in [1.29, 1.82) is 0 Å². The lowest BCUT2D eigenvalue weighted by Gasteiger charge is -2.33. The summed E-state index contributed by atoms with van der Waals surface area (Å²) in [5, 5.41) is 0. The molecule has 78 valence electrons. The maximum atomic E-state index is 6.00. The molecule has 2 unspecified atom stereocenters. The molecule has 13 heavy (non-hydrogen) atoms. The maximum absolute atomic E-state index is 6.00. The average molecular weight is 185 g/mol. The topological polar surface area (TPSA) is 35.2 Å². The molecule has 1 aliphatic heterocycles. The van der Waals surface area contributed by atoms with Crippen molar-refractivity contribution in [2.24, 2.45) is 5.73 Å². The molecular weight excluding hydrogens is 162 g/mol. The van der Waals surface area contributed by atoms with Gasteiger partial charge in [0.25, 0.3) is 0 Å². The second kappa shape index (κ2) is 5.61. The highest BCUT2D eigenvalue weighted by Gasteiger charge is 2.25. The van der Waals surface area contributed by atoms with Crippen LogP contribution in [0.1, 0.15) is 52.4 Å². The Bertz CT molecular complexity index is 124. The van der Waals surface area contributed by atoms with Crippen LogP contribution in [0.4, 0.5) is 0 Å². The molecule has 1 heterocycles. The summed E-state index contributed by atoms with van der Waals surface area (Å²) in [7, 11) is 0. The number of hydrogen-bond acceptors (Lipinski definition) is 2. The molecule has 1 aliphatic rings. The van der Waals surface area contributed by atoms with Gasteiger partial charge in [0.05, 0.1) is 12.2 Å². The van der Waals surface area contributed by atoms with E-state index in [1.807, 2.05) is 0 Å². The van der Waals surface area contributed by atoms with Gasteiger partial charge in [0.15, 0.2) is 0 Å². The summed E-state index contributed by atoms with van der Waals surface area (Å²) in [6.07, 6.45) is 7.76. The number of nitrogens with two attached hydrogens (primary N) is 1. The molecule has 0 bridgehead atoms. The lowest BCUT2D eigenvalue weighted by molar-refractivity contribution is -0.0631. The van der Waals surface area contributed by atoms with Crippen molar-refractivity contribution < 1.29 is 4.74 Å². The van der Waals surface area contributed by atoms with E-state index in [1.54, 1.807) is 0 Å². The monoisotopic (exact) mass is 185 g/mol. The van der Waals surface area contributed by atoms with Crippen molar-refractivity contribution in [2.75, 3.05) is 0 Å². The first kappa shape index (κ1) is 11.0. The van der Waals surface area contributed by atoms with E-state index in [4.69, 9.17) is 10.5 Å². The van der Waals surface area contributed by atoms with Crippen molar-refractivity contribution >= 4 is 0 Å². The molecule has 0 saturated carbocycles. The fraction of sp³-hybridized carbons (Fsp3) is 1.00. The first-order valence-corrected chi connectivity index (χ1v) is 5.67. The number of ether oxygens (including phenoxy) is 1. The van der Waals surface area contributed by atoms with Crippen LogP contribution in [0.3, 0.4) is 0 Å². The van der Waals surface area contributed by atoms with Crippen molar-refractivity contribution in [3.05, 3.63) is 0 Å². The van der Waals surface area contributed by atoms with Crippen LogP contribution in [0.2, 0.25) is 0 Å². The number of rotatable bonds is 4. The highest BCUT2D eigenvalue weighted by molar-refractivity contribution is 4.79. The largest absolute Gasteiger partial charge is 0.375 e. The Morgan fingerprint density at radius 2 is 1.54 bits per heavy atom. The molecule has 2 heteroatoms. The van der Waals surface area contributed by atoms with Gasteiger partial charge < -0.3 is 10.5 Å². The molecule has 0 aromatic heterocycles. The second-order valence-electron chi connectivity index (χ2n) is 4.19. The van der Waals surface area contributed by atoms with Crippen molar-refractivity contribution in [3.8, 4) is 0 Å². The summed E-state index contributed by atoms with van der Waals surface area (Å²) in [6.45, 7) is 4.41. The summed E-state index contributed by atoms with van der Waals surface area (Å²) in [4.78, 5) is 0. The van der Waals surface area contributed by atoms with Crippen LogP contribution >= 0.6 is 0 Å². The molecule has 1 saturated heterocycles. The fourth-order valence-electron chi connectivity index (χ4n) is 2.17. The van der Waals surface area contributed by atoms with Crippen molar-refractivity contribution in [1.82, 2.24) is 0 Å². The Kier molecular flexibility index (Phi) is 4.74. The Morgan fingerprint density at radius 1 is 1.08 bits per heavy atom. The molecular formula is C11H23NO. The molecule has 0 spiro atoms. The van der Waals surface area contributed by atoms with E-state index in [0.29, 0.717) is 18.2 Å². The van der Waals surface area contributed by atoms with E-state index in [0.717, 1.165) is 12.8 Å². The highest BCUT2D eigenvalue weighted by Crippen LogP contribution is 2.23. The summed E-state index contributed by atoms with van der Waals surface area (Å²) in [5.41, 5.74) is 6.00. The first-order valence-electron chi connectivity index (χ1n) is 5.67. The molecule has 0 radical (unpaired) electrons. The zero-order valence-corrected chi connectivity index (χ0v) is 8.96. The molecule has 2 nitrogen and oxygen atoms in total. The minimum Gasteiger partial charge on any atom is -0.375 e. The smallest absolute Gasteiger partial charge is 0.0593 e. The molecule has 2 atom stereocenters. The van der Waals surface area contributed by atoms with Crippen LogP contribution in [-0.2, 0) is 4.74 Å². The van der Waals surface area contributed by atoms with Gasteiger partial charge in [-0.1, -0.05) is 26.7 Å². The van der Waals surface area contributed by atoms with Crippen LogP contribution in [0.15, 0.2) is 0 Å². The first-order chi connectivity index (χ1) is 6.26. The second-order valence-corrected chi connectivity index (χ2v) is 4.19. The van der Waals surface area contributed by atoms with Crippen LogP contribution < -0.4 is 5.73 Å². The van der Waals surface area contributed by atoms with Gasteiger partial charge >= 0.3 is 0 Å². The maximum Gasteiger partial charge on any atom is 0.0593 e. The van der Waals surface area contributed by atoms with Crippen molar-refractivity contribution in [2.45, 2.75) is 70.6 Å². The van der Waals surface area contributed by atoms with Gasteiger partial charge in [-0.15, -0.1) is 0 Å². The molecule has 1 rings (SSSR count). The van der Waals surface area contributed by atoms with E-state index in [1.165, 1.54) is 25.7 Å². The third-order valence-corrected chi connectivity index (χ3v) is 2.74. The third kappa shape index (κ3) is 3.65. The predicted octanol–water partition coefficient (Wildman–Crippen LogP) is 2.46. The van der Waals surface area contributed by atoms with Crippen LogP contribution in [-0.4, -0.2) is 18.2 Å². The lowest BCUT2D eigenvalue weighted by Crippen LogP contribution is -2.40.